The number of hydrogen-bond donors (Lipinski definition) is 1. The summed E-state index contributed by atoms with van der Waals surface area (Å²) < 4.78 is 13.4. The molecule has 0 aliphatic heterocycles. The van der Waals surface area contributed by atoms with Crippen LogP contribution in [0.25, 0.3) is 0 Å². The van der Waals surface area contributed by atoms with Crippen LogP contribution in [-0.4, -0.2) is 18.3 Å². The molecule has 94 valence electrons. The fourth-order valence-corrected chi connectivity index (χ4v) is 1.40. The van der Waals surface area contributed by atoms with Gasteiger partial charge in [-0.25, -0.2) is 4.39 Å². The Bertz CT molecular complexity index is 421. The molecule has 1 amide bonds. The van der Waals surface area contributed by atoms with Crippen LogP contribution in [0.4, 0.5) is 4.39 Å². The van der Waals surface area contributed by atoms with Gasteiger partial charge in [-0.3, -0.25) is 4.79 Å². The average molecular weight is 278 g/mol. The second kappa shape index (κ2) is 5.69. The maximum absolute atomic E-state index is 13.4. The molecule has 1 aromatic rings. The van der Waals surface area contributed by atoms with Crippen molar-refractivity contribution >= 4 is 29.1 Å². The van der Waals surface area contributed by atoms with E-state index in [-0.39, 0.29) is 11.0 Å². The van der Waals surface area contributed by atoms with Gasteiger partial charge in [0, 0.05) is 17.4 Å². The van der Waals surface area contributed by atoms with Crippen LogP contribution in [0, 0.1) is 11.2 Å². The summed E-state index contributed by atoms with van der Waals surface area (Å²) in [6.45, 7) is 4.20. The lowest BCUT2D eigenvalue weighted by molar-refractivity contribution is 0.0936. The van der Waals surface area contributed by atoms with Crippen molar-refractivity contribution in [3.63, 3.8) is 0 Å². The Morgan fingerprint density at radius 2 is 2.12 bits per heavy atom. The summed E-state index contributed by atoms with van der Waals surface area (Å²) in [6, 6.07) is 3.88. The van der Waals surface area contributed by atoms with Gasteiger partial charge in [0.15, 0.2) is 0 Å². The number of nitrogens with one attached hydrogen (secondary N) is 1. The molecular formula is C12H14Cl2FNO. The predicted molar refractivity (Wildman–Crippen MR) is 68.2 cm³/mol. The number of benzene rings is 1. The van der Waals surface area contributed by atoms with Crippen molar-refractivity contribution in [1.82, 2.24) is 5.32 Å². The molecule has 1 rings (SSSR count). The van der Waals surface area contributed by atoms with Gasteiger partial charge in [-0.15, -0.1) is 11.6 Å². The van der Waals surface area contributed by atoms with Gasteiger partial charge in [0.2, 0.25) is 0 Å². The highest BCUT2D eigenvalue weighted by Gasteiger charge is 2.19. The zero-order valence-electron chi connectivity index (χ0n) is 9.69. The molecule has 0 radical (unpaired) electrons. The van der Waals surface area contributed by atoms with E-state index in [1.807, 2.05) is 13.8 Å². The molecule has 0 spiro atoms. The van der Waals surface area contributed by atoms with E-state index in [0.717, 1.165) is 0 Å². The van der Waals surface area contributed by atoms with Gasteiger partial charge >= 0.3 is 0 Å². The molecule has 0 aliphatic rings. The lowest BCUT2D eigenvalue weighted by atomic mass is 9.96. The normalized spacial score (nSPS) is 11.4. The van der Waals surface area contributed by atoms with Gasteiger partial charge in [-0.1, -0.05) is 25.4 Å². The van der Waals surface area contributed by atoms with E-state index in [9.17, 15) is 9.18 Å². The van der Waals surface area contributed by atoms with Crippen molar-refractivity contribution in [2.24, 2.45) is 5.41 Å². The Labute approximate surface area is 110 Å². The van der Waals surface area contributed by atoms with Crippen LogP contribution >= 0.6 is 23.2 Å². The lowest BCUT2D eigenvalue weighted by Crippen LogP contribution is -2.35. The molecule has 2 nitrogen and oxygen atoms in total. The summed E-state index contributed by atoms with van der Waals surface area (Å²) in [6.07, 6.45) is 0. The van der Waals surface area contributed by atoms with Crippen LogP contribution in [0.3, 0.4) is 0 Å². The van der Waals surface area contributed by atoms with Crippen LogP contribution in [0.15, 0.2) is 18.2 Å². The van der Waals surface area contributed by atoms with Crippen LogP contribution in [0.2, 0.25) is 5.02 Å². The van der Waals surface area contributed by atoms with E-state index in [1.165, 1.54) is 18.2 Å². The van der Waals surface area contributed by atoms with Crippen LogP contribution in [0.1, 0.15) is 24.2 Å². The van der Waals surface area contributed by atoms with Crippen molar-refractivity contribution in [2.45, 2.75) is 13.8 Å². The van der Waals surface area contributed by atoms with Gasteiger partial charge in [0.1, 0.15) is 5.82 Å². The highest BCUT2D eigenvalue weighted by Crippen LogP contribution is 2.17. The molecule has 1 N–H and O–H groups in total. The molecule has 5 heteroatoms. The molecule has 0 fully saturated rings. The number of rotatable bonds is 4. The molecule has 0 saturated heterocycles. The first-order valence-electron chi connectivity index (χ1n) is 5.15. The minimum Gasteiger partial charge on any atom is -0.351 e. The molecule has 0 aromatic heterocycles. The van der Waals surface area contributed by atoms with E-state index >= 15 is 0 Å². The average Bonchev–Trinajstić information content (AvgIpc) is 2.29. The second-order valence-electron chi connectivity index (χ2n) is 4.60. The van der Waals surface area contributed by atoms with E-state index < -0.39 is 11.7 Å². The fraction of sp³-hybridized carbons (Fsp3) is 0.417. The largest absolute Gasteiger partial charge is 0.351 e. The summed E-state index contributed by atoms with van der Waals surface area (Å²) in [5, 5.41) is 2.96. The van der Waals surface area contributed by atoms with Gasteiger partial charge < -0.3 is 5.32 Å². The molecule has 0 aliphatic carbocycles. The molecule has 0 atom stereocenters. The first kappa shape index (κ1) is 14.3. The van der Waals surface area contributed by atoms with Crippen LogP contribution < -0.4 is 5.32 Å². The summed E-state index contributed by atoms with van der Waals surface area (Å²) in [5.74, 6) is -0.663. The lowest BCUT2D eigenvalue weighted by Gasteiger charge is -2.21. The van der Waals surface area contributed by atoms with Gasteiger partial charge in [0.05, 0.1) is 5.56 Å². The molecule has 17 heavy (non-hydrogen) atoms. The minimum atomic E-state index is -0.587. The summed E-state index contributed by atoms with van der Waals surface area (Å²) in [7, 11) is 0. The minimum absolute atomic E-state index is 0.0529. The first-order valence-corrected chi connectivity index (χ1v) is 6.06. The number of carbonyl (C=O) groups is 1. The Morgan fingerprint density at radius 3 is 2.71 bits per heavy atom. The number of halogens is 3. The monoisotopic (exact) mass is 277 g/mol. The van der Waals surface area contributed by atoms with Crippen molar-refractivity contribution in [1.29, 1.82) is 0 Å². The third-order valence-corrected chi connectivity index (χ3v) is 3.22. The van der Waals surface area contributed by atoms with E-state index in [0.29, 0.717) is 17.4 Å². The first-order chi connectivity index (χ1) is 7.85. The number of carbonyl (C=O) groups excluding carboxylic acids is 1. The topological polar surface area (TPSA) is 29.1 Å². The number of hydrogen-bond acceptors (Lipinski definition) is 1. The third kappa shape index (κ3) is 4.17. The van der Waals surface area contributed by atoms with Crippen LogP contribution in [-0.2, 0) is 0 Å². The van der Waals surface area contributed by atoms with Crippen molar-refractivity contribution < 1.29 is 9.18 Å². The number of alkyl halides is 1. The summed E-state index contributed by atoms with van der Waals surface area (Å²) in [5.41, 5.74) is -0.283. The second-order valence-corrected chi connectivity index (χ2v) is 5.31. The fourth-order valence-electron chi connectivity index (χ4n) is 1.13. The molecule has 0 heterocycles. The number of amides is 1. The van der Waals surface area contributed by atoms with E-state index in [1.54, 1.807) is 0 Å². The molecule has 0 unspecified atom stereocenters. The predicted octanol–water partition coefficient (Wildman–Crippen LogP) is 3.47. The Morgan fingerprint density at radius 1 is 1.47 bits per heavy atom. The Kier molecular flexibility index (Phi) is 4.78. The SMILES string of the molecule is CC(C)(CCl)CNC(=O)c1cc(Cl)ccc1F. The van der Waals surface area contributed by atoms with Gasteiger partial charge in [0.25, 0.3) is 5.91 Å². The van der Waals surface area contributed by atoms with E-state index in [2.05, 4.69) is 5.32 Å². The molecule has 1 aromatic carbocycles. The zero-order chi connectivity index (χ0) is 13.1. The highest BCUT2D eigenvalue weighted by atomic mass is 35.5. The zero-order valence-corrected chi connectivity index (χ0v) is 11.2. The molecule has 0 saturated carbocycles. The molecule has 0 bridgehead atoms. The standard InChI is InChI=1S/C12H14Cl2FNO/c1-12(2,6-13)7-16-11(17)9-5-8(14)3-4-10(9)15/h3-5H,6-7H2,1-2H3,(H,16,17). The Balaban J connectivity index is 2.74. The smallest absolute Gasteiger partial charge is 0.254 e. The van der Waals surface area contributed by atoms with Crippen molar-refractivity contribution in [3.05, 3.63) is 34.6 Å². The van der Waals surface area contributed by atoms with E-state index in [4.69, 9.17) is 23.2 Å². The van der Waals surface area contributed by atoms with Crippen LogP contribution in [0.5, 0.6) is 0 Å². The maximum Gasteiger partial charge on any atom is 0.254 e. The quantitative estimate of drug-likeness (QED) is 0.839. The van der Waals surface area contributed by atoms with Crippen molar-refractivity contribution in [3.8, 4) is 0 Å². The maximum atomic E-state index is 13.4. The highest BCUT2D eigenvalue weighted by molar-refractivity contribution is 6.31. The van der Waals surface area contributed by atoms with Gasteiger partial charge in [-0.2, -0.15) is 0 Å². The summed E-state index contributed by atoms with van der Waals surface area (Å²) >= 11 is 11.4. The van der Waals surface area contributed by atoms with Crippen molar-refractivity contribution in [2.75, 3.05) is 12.4 Å². The Hall–Kier alpha value is -0.800. The van der Waals surface area contributed by atoms with Gasteiger partial charge in [-0.05, 0) is 23.6 Å². The molecular weight excluding hydrogens is 264 g/mol. The third-order valence-electron chi connectivity index (χ3n) is 2.26. The summed E-state index contributed by atoms with van der Waals surface area (Å²) in [4.78, 5) is 11.7.